The lowest BCUT2D eigenvalue weighted by Crippen LogP contribution is -1.88. The van der Waals surface area contributed by atoms with Crippen molar-refractivity contribution in [3.8, 4) is 5.75 Å². The van der Waals surface area contributed by atoms with Crippen molar-refractivity contribution in [1.82, 2.24) is 0 Å². The van der Waals surface area contributed by atoms with Crippen LogP contribution in [-0.2, 0) is 12.8 Å². The van der Waals surface area contributed by atoms with Crippen molar-refractivity contribution in [3.05, 3.63) is 42.0 Å². The van der Waals surface area contributed by atoms with Crippen LogP contribution in [0.4, 0.5) is 0 Å². The Kier molecular flexibility index (Phi) is 3.09. The molecule has 0 fully saturated rings. The van der Waals surface area contributed by atoms with Gasteiger partial charge in [0.2, 0.25) is 0 Å². The molecule has 1 aromatic carbocycles. The van der Waals surface area contributed by atoms with Crippen molar-refractivity contribution in [2.45, 2.75) is 12.8 Å². The summed E-state index contributed by atoms with van der Waals surface area (Å²) in [4.78, 5) is 0. The number of hydrogen-bond acceptors (Lipinski definition) is 1. The van der Waals surface area contributed by atoms with Gasteiger partial charge in [0.15, 0.2) is 0 Å². The van der Waals surface area contributed by atoms with E-state index in [9.17, 15) is 0 Å². The maximum atomic E-state index is 5.45. The van der Waals surface area contributed by atoms with E-state index in [1.165, 1.54) is 11.1 Å². The van der Waals surface area contributed by atoms with Crippen LogP contribution in [0.1, 0.15) is 11.1 Å². The third-order valence-corrected chi connectivity index (χ3v) is 2.20. The molecule has 0 bridgehead atoms. The number of rotatable bonds is 2. The second-order valence-electron chi connectivity index (χ2n) is 2.99. The highest BCUT2D eigenvalue weighted by Crippen LogP contribution is 2.28. The minimum Gasteiger partial charge on any atom is -0.493 e. The predicted molar refractivity (Wildman–Crippen MR) is 53.2 cm³/mol. The Morgan fingerprint density at radius 2 is 2.31 bits per heavy atom. The van der Waals surface area contributed by atoms with Gasteiger partial charge in [-0.05, 0) is 18.1 Å². The molecule has 1 aromatic rings. The van der Waals surface area contributed by atoms with E-state index in [4.69, 9.17) is 4.74 Å². The second-order valence-corrected chi connectivity index (χ2v) is 2.99. The molecule has 2 rings (SSSR count). The zero-order valence-corrected chi connectivity index (χ0v) is 7.55. The summed E-state index contributed by atoms with van der Waals surface area (Å²) >= 11 is 0. The molecular formula is C11H14O2. The van der Waals surface area contributed by atoms with Crippen LogP contribution in [0.2, 0.25) is 0 Å². The molecule has 0 aliphatic carbocycles. The minimum absolute atomic E-state index is 0. The third-order valence-electron chi connectivity index (χ3n) is 2.20. The van der Waals surface area contributed by atoms with Crippen LogP contribution >= 0.6 is 0 Å². The van der Waals surface area contributed by atoms with E-state index in [0.29, 0.717) is 0 Å². The molecule has 2 N–H and O–H groups in total. The van der Waals surface area contributed by atoms with Gasteiger partial charge in [0.25, 0.3) is 0 Å². The van der Waals surface area contributed by atoms with Crippen molar-refractivity contribution < 1.29 is 10.2 Å². The Morgan fingerprint density at radius 3 is 3.08 bits per heavy atom. The van der Waals surface area contributed by atoms with Gasteiger partial charge < -0.3 is 10.2 Å². The fourth-order valence-corrected chi connectivity index (χ4v) is 1.64. The van der Waals surface area contributed by atoms with E-state index in [0.717, 1.165) is 25.2 Å². The second kappa shape index (κ2) is 4.10. The van der Waals surface area contributed by atoms with Crippen LogP contribution in [-0.4, -0.2) is 12.1 Å². The van der Waals surface area contributed by atoms with Crippen LogP contribution < -0.4 is 4.74 Å². The molecule has 0 aromatic heterocycles. The molecule has 0 unspecified atom stereocenters. The minimum atomic E-state index is 0. The van der Waals surface area contributed by atoms with E-state index in [-0.39, 0.29) is 5.48 Å². The number of allylic oxidation sites excluding steroid dienone is 1. The molecule has 13 heavy (non-hydrogen) atoms. The molecule has 70 valence electrons. The first-order chi connectivity index (χ1) is 5.92. The zero-order chi connectivity index (χ0) is 8.39. The molecule has 0 amide bonds. The number of fused-ring (bicyclic) bond motifs is 1. The molecular weight excluding hydrogens is 164 g/mol. The quantitative estimate of drug-likeness (QED) is 0.633. The first kappa shape index (κ1) is 9.81. The van der Waals surface area contributed by atoms with Crippen LogP contribution in [0.15, 0.2) is 30.9 Å². The molecule has 0 atom stereocenters. The molecule has 0 saturated carbocycles. The highest BCUT2D eigenvalue weighted by molar-refractivity contribution is 5.43. The summed E-state index contributed by atoms with van der Waals surface area (Å²) in [5, 5.41) is 0. The van der Waals surface area contributed by atoms with E-state index < -0.39 is 0 Å². The molecule has 1 aliphatic heterocycles. The van der Waals surface area contributed by atoms with Gasteiger partial charge in [-0.15, -0.1) is 6.58 Å². The average Bonchev–Trinajstić information content (AvgIpc) is 2.53. The fourth-order valence-electron chi connectivity index (χ4n) is 1.64. The van der Waals surface area contributed by atoms with Crippen LogP contribution in [0, 0.1) is 0 Å². The predicted octanol–water partition coefficient (Wildman–Crippen LogP) is 1.53. The first-order valence-corrected chi connectivity index (χ1v) is 4.26. The molecule has 0 spiro atoms. The lowest BCUT2D eigenvalue weighted by atomic mass is 10.0. The van der Waals surface area contributed by atoms with Crippen LogP contribution in [0.3, 0.4) is 0 Å². The largest absolute Gasteiger partial charge is 0.493 e. The van der Waals surface area contributed by atoms with E-state index in [1.807, 2.05) is 18.2 Å². The van der Waals surface area contributed by atoms with Gasteiger partial charge in [-0.1, -0.05) is 18.2 Å². The van der Waals surface area contributed by atoms with Crippen molar-refractivity contribution in [2.24, 2.45) is 0 Å². The molecule has 2 nitrogen and oxygen atoms in total. The van der Waals surface area contributed by atoms with Crippen LogP contribution in [0.25, 0.3) is 0 Å². The molecule has 0 saturated heterocycles. The van der Waals surface area contributed by atoms with Crippen molar-refractivity contribution >= 4 is 0 Å². The lowest BCUT2D eigenvalue weighted by Gasteiger charge is -2.03. The standard InChI is InChI=1S/C11H12O.H2O/c1-2-4-9-5-3-6-11-10(9)7-8-12-11;/h2-3,5-6H,1,4,7-8H2;1H2. The summed E-state index contributed by atoms with van der Waals surface area (Å²) in [6, 6.07) is 6.23. The van der Waals surface area contributed by atoms with Gasteiger partial charge in [0.05, 0.1) is 6.61 Å². The van der Waals surface area contributed by atoms with Crippen molar-refractivity contribution in [3.63, 3.8) is 0 Å². The van der Waals surface area contributed by atoms with Crippen molar-refractivity contribution in [2.75, 3.05) is 6.61 Å². The summed E-state index contributed by atoms with van der Waals surface area (Å²) in [5.74, 6) is 1.06. The number of benzene rings is 1. The summed E-state index contributed by atoms with van der Waals surface area (Å²) in [5.41, 5.74) is 2.73. The topological polar surface area (TPSA) is 40.7 Å². The zero-order valence-electron chi connectivity index (χ0n) is 7.55. The van der Waals surface area contributed by atoms with Gasteiger partial charge in [-0.25, -0.2) is 0 Å². The van der Waals surface area contributed by atoms with Gasteiger partial charge in [-0.2, -0.15) is 0 Å². The molecule has 1 aliphatic rings. The monoisotopic (exact) mass is 178 g/mol. The Balaban J connectivity index is 0.000000845. The normalized spacial score (nSPS) is 12.6. The highest BCUT2D eigenvalue weighted by Gasteiger charge is 2.13. The third kappa shape index (κ3) is 1.73. The van der Waals surface area contributed by atoms with E-state index >= 15 is 0 Å². The van der Waals surface area contributed by atoms with Gasteiger partial charge in [0.1, 0.15) is 5.75 Å². The Hall–Kier alpha value is -1.28. The Bertz CT molecular complexity index is 305. The molecule has 0 radical (unpaired) electrons. The highest BCUT2D eigenvalue weighted by atomic mass is 16.5. The van der Waals surface area contributed by atoms with Gasteiger partial charge in [-0.3, -0.25) is 0 Å². The Labute approximate surface area is 78.2 Å². The summed E-state index contributed by atoms with van der Waals surface area (Å²) in [6.07, 6.45) is 3.94. The number of hydrogen-bond donors (Lipinski definition) is 0. The molecule has 1 heterocycles. The van der Waals surface area contributed by atoms with Gasteiger partial charge >= 0.3 is 0 Å². The summed E-state index contributed by atoms with van der Waals surface area (Å²) in [6.45, 7) is 4.58. The maximum Gasteiger partial charge on any atom is 0.122 e. The lowest BCUT2D eigenvalue weighted by molar-refractivity contribution is 0.357. The molecule has 2 heteroatoms. The van der Waals surface area contributed by atoms with E-state index in [2.05, 4.69) is 12.6 Å². The van der Waals surface area contributed by atoms with E-state index in [1.54, 1.807) is 0 Å². The first-order valence-electron chi connectivity index (χ1n) is 4.26. The van der Waals surface area contributed by atoms with Crippen LogP contribution in [0.5, 0.6) is 5.75 Å². The summed E-state index contributed by atoms with van der Waals surface area (Å²) in [7, 11) is 0. The number of ether oxygens (including phenoxy) is 1. The van der Waals surface area contributed by atoms with Crippen molar-refractivity contribution in [1.29, 1.82) is 0 Å². The summed E-state index contributed by atoms with van der Waals surface area (Å²) < 4.78 is 5.45. The maximum absolute atomic E-state index is 5.45. The van der Waals surface area contributed by atoms with Gasteiger partial charge in [0, 0.05) is 12.0 Å². The SMILES string of the molecule is C=CCc1cccc2c1CCO2.O. The smallest absolute Gasteiger partial charge is 0.122 e. The Morgan fingerprint density at radius 1 is 1.46 bits per heavy atom. The average molecular weight is 178 g/mol. The fraction of sp³-hybridized carbons (Fsp3) is 0.273.